The number of aliphatic hydroxyl groups is 3. The lowest BCUT2D eigenvalue weighted by Crippen LogP contribution is -2.57. The first-order chi connectivity index (χ1) is 12.2. The Labute approximate surface area is 154 Å². The van der Waals surface area contributed by atoms with Crippen molar-refractivity contribution in [3.05, 3.63) is 23.4 Å². The van der Waals surface area contributed by atoms with Crippen molar-refractivity contribution in [2.75, 3.05) is 0 Å². The van der Waals surface area contributed by atoms with Crippen molar-refractivity contribution in [1.82, 2.24) is 0 Å². The minimum Gasteiger partial charge on any atom is -0.513 e. The van der Waals surface area contributed by atoms with E-state index in [1.807, 2.05) is 6.08 Å². The minimum atomic E-state index is -0.464. The lowest BCUT2D eigenvalue weighted by Gasteiger charge is -2.60. The summed E-state index contributed by atoms with van der Waals surface area (Å²) in [5.74, 6) is 1.37. The molecule has 5 nitrogen and oxygen atoms in total. The lowest BCUT2D eigenvalue weighted by molar-refractivity contribution is -0.152. The van der Waals surface area contributed by atoms with Crippen LogP contribution in [0.15, 0.2) is 23.4 Å². The van der Waals surface area contributed by atoms with E-state index in [9.17, 15) is 20.1 Å². The molecule has 144 valence electrons. The molecule has 0 spiro atoms. The van der Waals surface area contributed by atoms with Crippen molar-refractivity contribution >= 4 is 5.97 Å². The summed E-state index contributed by atoms with van der Waals surface area (Å²) in [7, 11) is 0. The van der Waals surface area contributed by atoms with Crippen LogP contribution in [0.2, 0.25) is 0 Å². The number of hydrogen-bond acceptors (Lipinski definition) is 5. The predicted octanol–water partition coefficient (Wildman–Crippen LogP) is 3.99. The SMILES string of the molecule is CC(=O)OC1=C(O)CC2C3C(O)C[C@H]4C=C(O)CC[C@]4(C)C3CC[C@]12C. The molecule has 0 bridgehead atoms. The fraction of sp³-hybridized carbons (Fsp3) is 0.762. The second kappa shape index (κ2) is 5.75. The number of esters is 1. The minimum absolute atomic E-state index is 0.0667. The third kappa shape index (κ3) is 2.35. The molecule has 0 heterocycles. The van der Waals surface area contributed by atoms with Crippen LogP contribution >= 0.6 is 0 Å². The first kappa shape index (κ1) is 17.9. The maximum absolute atomic E-state index is 11.5. The Morgan fingerprint density at radius 3 is 2.65 bits per heavy atom. The Kier molecular flexibility index (Phi) is 3.96. The highest BCUT2D eigenvalue weighted by atomic mass is 16.5. The average Bonchev–Trinajstić information content (AvgIpc) is 2.80. The van der Waals surface area contributed by atoms with Crippen molar-refractivity contribution in [2.45, 2.75) is 65.4 Å². The van der Waals surface area contributed by atoms with Crippen LogP contribution in [0, 0.1) is 34.5 Å². The van der Waals surface area contributed by atoms with Gasteiger partial charge in [0.15, 0.2) is 5.76 Å². The van der Waals surface area contributed by atoms with Crippen LogP contribution < -0.4 is 0 Å². The van der Waals surface area contributed by atoms with E-state index in [2.05, 4.69) is 13.8 Å². The van der Waals surface area contributed by atoms with Gasteiger partial charge in [0.2, 0.25) is 0 Å². The summed E-state index contributed by atoms with van der Waals surface area (Å²) >= 11 is 0. The third-order valence-electron chi connectivity index (χ3n) is 8.11. The summed E-state index contributed by atoms with van der Waals surface area (Å²) in [6, 6.07) is 0. The van der Waals surface area contributed by atoms with Gasteiger partial charge < -0.3 is 20.1 Å². The zero-order valence-corrected chi connectivity index (χ0v) is 15.9. The van der Waals surface area contributed by atoms with E-state index < -0.39 is 17.5 Å². The molecule has 4 aliphatic carbocycles. The van der Waals surface area contributed by atoms with Gasteiger partial charge in [0, 0.05) is 25.2 Å². The second-order valence-corrected chi connectivity index (χ2v) is 9.39. The van der Waals surface area contributed by atoms with Crippen LogP contribution in [0.1, 0.15) is 59.3 Å². The highest BCUT2D eigenvalue weighted by Gasteiger charge is 2.62. The molecule has 0 aromatic rings. The van der Waals surface area contributed by atoms with Gasteiger partial charge in [-0.05, 0) is 60.8 Å². The van der Waals surface area contributed by atoms with Gasteiger partial charge in [-0.1, -0.05) is 13.8 Å². The number of hydrogen-bond donors (Lipinski definition) is 3. The molecule has 7 atom stereocenters. The van der Waals surface area contributed by atoms with Crippen molar-refractivity contribution in [3.8, 4) is 0 Å². The van der Waals surface area contributed by atoms with Crippen molar-refractivity contribution in [3.63, 3.8) is 0 Å². The van der Waals surface area contributed by atoms with Gasteiger partial charge in [0.1, 0.15) is 5.76 Å². The molecular weight excluding hydrogens is 332 g/mol. The van der Waals surface area contributed by atoms with Crippen LogP contribution in [0.5, 0.6) is 0 Å². The molecule has 4 unspecified atom stereocenters. The van der Waals surface area contributed by atoms with E-state index in [-0.39, 0.29) is 28.9 Å². The topological polar surface area (TPSA) is 87.0 Å². The Balaban J connectivity index is 1.69. The zero-order chi connectivity index (χ0) is 18.9. The summed E-state index contributed by atoms with van der Waals surface area (Å²) in [4.78, 5) is 11.5. The molecule has 0 amide bonds. The van der Waals surface area contributed by atoms with E-state index in [0.29, 0.717) is 36.7 Å². The molecule has 0 saturated heterocycles. The molecule has 0 aliphatic heterocycles. The summed E-state index contributed by atoms with van der Waals surface area (Å²) < 4.78 is 5.42. The lowest BCUT2D eigenvalue weighted by atomic mass is 9.45. The highest BCUT2D eigenvalue weighted by Crippen LogP contribution is 2.66. The summed E-state index contributed by atoms with van der Waals surface area (Å²) in [5, 5.41) is 31.5. The standard InChI is InChI=1S/C21H30O5/c1-11(22)26-19-17(25)10-15-18-14(5-7-21(15,19)3)20(2)6-4-13(23)8-12(20)9-16(18)24/h8,12,14-16,18,23-25H,4-7,9-10H2,1-3H3/t12-,14?,15?,16?,18?,20+,21+/m1/s1. The number of aliphatic hydroxyl groups excluding tert-OH is 3. The summed E-state index contributed by atoms with van der Waals surface area (Å²) in [6.07, 6.45) is 6.05. The maximum Gasteiger partial charge on any atom is 0.307 e. The molecule has 0 aromatic carbocycles. The van der Waals surface area contributed by atoms with E-state index in [4.69, 9.17) is 4.74 Å². The van der Waals surface area contributed by atoms with E-state index >= 15 is 0 Å². The monoisotopic (exact) mass is 362 g/mol. The molecule has 26 heavy (non-hydrogen) atoms. The molecular formula is C21H30O5. The number of carbonyl (C=O) groups excluding carboxylic acids is 1. The average molecular weight is 362 g/mol. The predicted molar refractivity (Wildman–Crippen MR) is 96.0 cm³/mol. The number of carbonyl (C=O) groups is 1. The number of allylic oxidation sites excluding steroid dienone is 4. The van der Waals surface area contributed by atoms with Gasteiger partial charge in [0.05, 0.1) is 11.9 Å². The smallest absolute Gasteiger partial charge is 0.307 e. The number of ether oxygens (including phenoxy) is 1. The Bertz CT molecular complexity index is 695. The molecule has 2 saturated carbocycles. The second-order valence-electron chi connectivity index (χ2n) is 9.39. The van der Waals surface area contributed by atoms with E-state index in [0.717, 1.165) is 19.3 Å². The Morgan fingerprint density at radius 2 is 1.96 bits per heavy atom. The van der Waals surface area contributed by atoms with Gasteiger partial charge in [-0.2, -0.15) is 0 Å². The molecule has 4 aliphatic rings. The maximum atomic E-state index is 11.5. The Hall–Kier alpha value is -1.49. The molecule has 2 fully saturated rings. The van der Waals surface area contributed by atoms with Crippen molar-refractivity contribution < 1.29 is 24.9 Å². The molecule has 0 aromatic heterocycles. The normalized spacial score (nSPS) is 47.5. The fourth-order valence-electron chi connectivity index (χ4n) is 6.74. The highest BCUT2D eigenvalue weighted by molar-refractivity contribution is 5.67. The quantitative estimate of drug-likeness (QED) is 0.614. The van der Waals surface area contributed by atoms with Crippen LogP contribution in [-0.2, 0) is 9.53 Å². The first-order valence-corrected chi connectivity index (χ1v) is 9.85. The first-order valence-electron chi connectivity index (χ1n) is 9.85. The van der Waals surface area contributed by atoms with Gasteiger partial charge >= 0.3 is 5.97 Å². The van der Waals surface area contributed by atoms with Crippen molar-refractivity contribution in [2.24, 2.45) is 34.5 Å². The van der Waals surface area contributed by atoms with Gasteiger partial charge in [-0.3, -0.25) is 4.79 Å². The largest absolute Gasteiger partial charge is 0.513 e. The third-order valence-corrected chi connectivity index (χ3v) is 8.11. The van der Waals surface area contributed by atoms with Crippen molar-refractivity contribution in [1.29, 1.82) is 0 Å². The van der Waals surface area contributed by atoms with Gasteiger partial charge in [0.25, 0.3) is 0 Å². The van der Waals surface area contributed by atoms with E-state index in [1.165, 1.54) is 6.92 Å². The van der Waals surface area contributed by atoms with Gasteiger partial charge in [-0.15, -0.1) is 0 Å². The summed E-state index contributed by atoms with van der Waals surface area (Å²) in [5.41, 5.74) is -0.328. The molecule has 3 N–H and O–H groups in total. The van der Waals surface area contributed by atoms with E-state index in [1.54, 1.807) is 0 Å². The van der Waals surface area contributed by atoms with Crippen LogP contribution in [0.4, 0.5) is 0 Å². The summed E-state index contributed by atoms with van der Waals surface area (Å²) in [6.45, 7) is 5.75. The number of rotatable bonds is 1. The van der Waals surface area contributed by atoms with Crippen LogP contribution in [0.3, 0.4) is 0 Å². The number of fused-ring (bicyclic) bond motifs is 5. The molecule has 4 rings (SSSR count). The van der Waals surface area contributed by atoms with Gasteiger partial charge in [-0.25, -0.2) is 0 Å². The van der Waals surface area contributed by atoms with Crippen LogP contribution in [0.25, 0.3) is 0 Å². The molecule has 5 heteroatoms. The Morgan fingerprint density at radius 1 is 1.23 bits per heavy atom. The molecule has 0 radical (unpaired) electrons. The van der Waals surface area contributed by atoms with Crippen LogP contribution in [-0.4, -0.2) is 27.4 Å². The fourth-order valence-corrected chi connectivity index (χ4v) is 6.74. The zero-order valence-electron chi connectivity index (χ0n) is 15.9.